The summed E-state index contributed by atoms with van der Waals surface area (Å²) >= 11 is 0. The van der Waals surface area contributed by atoms with Gasteiger partial charge in [0.05, 0.1) is 11.4 Å². The number of nitrogens with one attached hydrogen (secondary N) is 1. The highest BCUT2D eigenvalue weighted by Crippen LogP contribution is 2.42. The van der Waals surface area contributed by atoms with Gasteiger partial charge in [0, 0.05) is 18.0 Å². The molecule has 0 bridgehead atoms. The largest absolute Gasteiger partial charge is 0.353 e. The predicted octanol–water partition coefficient (Wildman–Crippen LogP) is 5.09. The van der Waals surface area contributed by atoms with Crippen molar-refractivity contribution < 1.29 is 9.18 Å². The molecule has 4 unspecified atom stereocenters. The Labute approximate surface area is 208 Å². The van der Waals surface area contributed by atoms with Crippen LogP contribution in [0.5, 0.6) is 0 Å². The normalized spacial score (nSPS) is 20.4. The second-order valence-corrected chi connectivity index (χ2v) is 12.0. The van der Waals surface area contributed by atoms with Gasteiger partial charge in [-0.05, 0) is 66.1 Å². The zero-order chi connectivity index (χ0) is 25.3. The number of hydrazone groups is 1. The maximum Gasteiger partial charge on any atom is 0.248 e. The van der Waals surface area contributed by atoms with Crippen molar-refractivity contribution in [1.29, 1.82) is 0 Å². The molecule has 1 amide bonds. The van der Waals surface area contributed by atoms with Crippen molar-refractivity contribution in [3.05, 3.63) is 53.3 Å². The van der Waals surface area contributed by atoms with Crippen molar-refractivity contribution in [1.82, 2.24) is 5.32 Å². The number of hydrogen-bond acceptors (Lipinski definition) is 3. The van der Waals surface area contributed by atoms with Gasteiger partial charge in [-0.1, -0.05) is 52.7 Å². The number of aryl methyl sites for hydroxylation is 1. The summed E-state index contributed by atoms with van der Waals surface area (Å²) in [6, 6.07) is 11.2. The lowest BCUT2D eigenvalue weighted by Crippen LogP contribution is -2.59. The summed E-state index contributed by atoms with van der Waals surface area (Å²) < 4.78 is 15.2. The Kier molecular flexibility index (Phi) is 8.21. The van der Waals surface area contributed by atoms with E-state index < -0.39 is 5.54 Å². The van der Waals surface area contributed by atoms with Gasteiger partial charge in [-0.3, -0.25) is 4.79 Å². The lowest BCUT2D eigenvalue weighted by Gasteiger charge is -2.39. The number of nitrogens with zero attached hydrogens (tertiary/aromatic N) is 2. The van der Waals surface area contributed by atoms with E-state index in [1.807, 2.05) is 43.1 Å². The van der Waals surface area contributed by atoms with Gasteiger partial charge in [-0.2, -0.15) is 5.10 Å². The fourth-order valence-corrected chi connectivity index (χ4v) is 5.32. The number of halogens is 1. The van der Waals surface area contributed by atoms with Crippen LogP contribution in [0.25, 0.3) is 0 Å². The molecule has 184 valence electrons. The molecule has 3 rings (SSSR count). The Bertz CT molecular complexity index is 1100. The van der Waals surface area contributed by atoms with Crippen molar-refractivity contribution in [2.24, 2.45) is 16.4 Å². The molecule has 0 radical (unpaired) electrons. The van der Waals surface area contributed by atoms with Crippen molar-refractivity contribution in [2.45, 2.75) is 66.3 Å². The smallest absolute Gasteiger partial charge is 0.248 e. The highest BCUT2D eigenvalue weighted by molar-refractivity contribution is 7.29. The number of hydrogen-bond donors (Lipinski definition) is 1. The third kappa shape index (κ3) is 5.52. The zero-order valence-electron chi connectivity index (χ0n) is 21.2. The van der Waals surface area contributed by atoms with Crippen LogP contribution in [0.4, 0.5) is 10.1 Å². The summed E-state index contributed by atoms with van der Waals surface area (Å²) in [6.07, 6.45) is 2.65. The van der Waals surface area contributed by atoms with Crippen LogP contribution < -0.4 is 20.9 Å². The average molecular weight is 502 g/mol. The maximum absolute atomic E-state index is 15.2. The second kappa shape index (κ2) is 10.4. The first-order valence-electron chi connectivity index (χ1n) is 12.0. The molecule has 0 spiro atoms. The van der Waals surface area contributed by atoms with E-state index >= 15 is 4.39 Å². The number of amides is 1. The molecule has 2 aromatic rings. The minimum absolute atomic E-state index is 0.0615. The van der Waals surface area contributed by atoms with Gasteiger partial charge < -0.3 is 5.32 Å². The maximum atomic E-state index is 15.2. The van der Waals surface area contributed by atoms with Gasteiger partial charge in [-0.15, -0.1) is 18.5 Å². The molecule has 0 aliphatic carbocycles. The molecule has 2 aromatic carbocycles. The molecule has 0 fully saturated rings. The molecule has 1 N–H and O–H groups in total. The molecule has 34 heavy (non-hydrogen) atoms. The number of rotatable bonds is 7. The summed E-state index contributed by atoms with van der Waals surface area (Å²) in [5.74, 6) is -0.648. The minimum Gasteiger partial charge on any atom is -0.353 e. The molecule has 0 saturated carbocycles. The van der Waals surface area contributed by atoms with Crippen molar-refractivity contribution in [3.63, 3.8) is 0 Å². The van der Waals surface area contributed by atoms with E-state index in [9.17, 15) is 4.79 Å². The van der Waals surface area contributed by atoms with Gasteiger partial charge in [0.25, 0.3) is 0 Å². The molecular weight excluding hydrogens is 463 g/mol. The molecule has 0 aromatic heterocycles. The first kappa shape index (κ1) is 26.8. The first-order valence-corrected chi connectivity index (χ1v) is 13.1. The quantitative estimate of drug-likeness (QED) is 0.538. The topological polar surface area (TPSA) is 44.7 Å². The van der Waals surface area contributed by atoms with Gasteiger partial charge in [0.2, 0.25) is 5.91 Å². The lowest BCUT2D eigenvalue weighted by molar-refractivity contribution is -0.127. The number of anilines is 1. The van der Waals surface area contributed by atoms with Crippen LogP contribution in [0.3, 0.4) is 0 Å². The van der Waals surface area contributed by atoms with Crippen LogP contribution >= 0.6 is 18.5 Å². The highest BCUT2D eigenvalue weighted by atomic mass is 31.0. The molecular formula is C27H38FN3OP2. The Hall–Kier alpha value is -1.83. The van der Waals surface area contributed by atoms with E-state index in [1.54, 1.807) is 12.1 Å². The van der Waals surface area contributed by atoms with Crippen molar-refractivity contribution >= 4 is 46.4 Å². The molecule has 4 nitrogen and oxygen atoms in total. The van der Waals surface area contributed by atoms with Crippen LogP contribution in [0.15, 0.2) is 41.5 Å². The van der Waals surface area contributed by atoms with Crippen LogP contribution in [0.1, 0.15) is 65.0 Å². The van der Waals surface area contributed by atoms with E-state index in [1.165, 1.54) is 0 Å². The lowest BCUT2D eigenvalue weighted by atomic mass is 9.76. The summed E-state index contributed by atoms with van der Waals surface area (Å²) in [4.78, 5) is 13.9. The van der Waals surface area contributed by atoms with E-state index in [0.29, 0.717) is 17.8 Å². The average Bonchev–Trinajstić information content (AvgIpc) is 3.03. The predicted molar refractivity (Wildman–Crippen MR) is 149 cm³/mol. The Morgan fingerprint density at radius 1 is 1.21 bits per heavy atom. The summed E-state index contributed by atoms with van der Waals surface area (Å²) in [5.41, 5.74) is 1.73. The van der Waals surface area contributed by atoms with Crippen LogP contribution in [0, 0.1) is 24.1 Å². The van der Waals surface area contributed by atoms with Crippen LogP contribution in [-0.4, -0.2) is 23.7 Å². The standard InChI is InChI=1S/C27H38FN3OP2/c1-7-8-9-20-24(19-12-10-17(2)14-21(19)28)30-31(22-13-11-18(33)15-23(22)34)27(20,6)25(32)29-16-26(3,4)5/h10-15,20H,7-9,16,33-34H2,1-6H3,(H,29,32). The summed E-state index contributed by atoms with van der Waals surface area (Å²) in [5, 5.41) is 12.0. The number of unbranched alkanes of at least 4 members (excludes halogenated alkanes) is 1. The molecule has 1 aliphatic rings. The fraction of sp³-hybridized carbons (Fsp3) is 0.481. The fourth-order valence-electron chi connectivity index (χ4n) is 4.44. The molecule has 1 aliphatic heterocycles. The molecule has 4 atom stereocenters. The SMILES string of the molecule is CCCCC1C(c2ccc(C)cc2F)=NN(c2ccc(P)cc2P)C1(C)C(=O)NCC(C)(C)C. The van der Waals surface area contributed by atoms with E-state index in [-0.39, 0.29) is 23.1 Å². The van der Waals surface area contributed by atoms with Gasteiger partial charge in [-0.25, -0.2) is 9.40 Å². The van der Waals surface area contributed by atoms with Gasteiger partial charge in [0.1, 0.15) is 11.4 Å². The van der Waals surface area contributed by atoms with E-state index in [0.717, 1.165) is 41.1 Å². The summed E-state index contributed by atoms with van der Waals surface area (Å²) in [6.45, 7) is 12.8. The highest BCUT2D eigenvalue weighted by Gasteiger charge is 2.54. The van der Waals surface area contributed by atoms with Gasteiger partial charge >= 0.3 is 0 Å². The number of carbonyl (C=O) groups excluding carboxylic acids is 1. The second-order valence-electron chi connectivity index (χ2n) is 10.7. The third-order valence-electron chi connectivity index (χ3n) is 6.42. The van der Waals surface area contributed by atoms with E-state index in [4.69, 9.17) is 5.10 Å². The van der Waals surface area contributed by atoms with Crippen molar-refractivity contribution in [3.8, 4) is 0 Å². The Morgan fingerprint density at radius 2 is 1.91 bits per heavy atom. The summed E-state index contributed by atoms with van der Waals surface area (Å²) in [7, 11) is 5.46. The van der Waals surface area contributed by atoms with E-state index in [2.05, 4.69) is 51.5 Å². The first-order chi connectivity index (χ1) is 15.9. The monoisotopic (exact) mass is 501 g/mol. The van der Waals surface area contributed by atoms with Crippen molar-refractivity contribution in [2.75, 3.05) is 11.6 Å². The van der Waals surface area contributed by atoms with Crippen LogP contribution in [-0.2, 0) is 4.79 Å². The molecule has 1 heterocycles. The Morgan fingerprint density at radius 3 is 2.50 bits per heavy atom. The number of carbonyl (C=O) groups is 1. The molecule has 0 saturated heterocycles. The zero-order valence-corrected chi connectivity index (χ0v) is 23.5. The Balaban J connectivity index is 2.19. The minimum atomic E-state index is -0.999. The van der Waals surface area contributed by atoms with Crippen LogP contribution in [0.2, 0.25) is 0 Å². The van der Waals surface area contributed by atoms with Gasteiger partial charge in [0.15, 0.2) is 0 Å². The number of benzene rings is 2. The molecule has 7 heteroatoms. The third-order valence-corrected chi connectivity index (χ3v) is 7.24.